The molecule has 0 spiro atoms. The van der Waals surface area contributed by atoms with E-state index in [-0.39, 0.29) is 23.3 Å². The van der Waals surface area contributed by atoms with Gasteiger partial charge in [-0.25, -0.2) is 0 Å². The number of benzene rings is 2. The quantitative estimate of drug-likeness (QED) is 0.744. The molecule has 28 heavy (non-hydrogen) atoms. The second kappa shape index (κ2) is 9.50. The number of rotatable bonds is 8. The fraction of sp³-hybridized carbons (Fsp3) is 0.381. The molecule has 1 atom stereocenters. The second-order valence-electron chi connectivity index (χ2n) is 6.62. The predicted molar refractivity (Wildman–Crippen MR) is 102 cm³/mol. The van der Waals surface area contributed by atoms with Gasteiger partial charge >= 0.3 is 6.61 Å². The molecule has 1 aliphatic heterocycles. The molecule has 1 heterocycles. The number of hydrogen-bond donors (Lipinski definition) is 1. The van der Waals surface area contributed by atoms with Crippen LogP contribution in [-0.2, 0) is 0 Å². The Labute approximate surface area is 163 Å². The Bertz CT molecular complexity index is 795. The van der Waals surface area contributed by atoms with E-state index in [0.29, 0.717) is 6.54 Å². The summed E-state index contributed by atoms with van der Waals surface area (Å²) >= 11 is 0. The Morgan fingerprint density at radius 3 is 2.61 bits per heavy atom. The SMILES string of the molecule is COc1ccccc1C(CNC(=O)c1cccc(OC(F)F)c1)N1CCCC1. The van der Waals surface area contributed by atoms with Crippen molar-refractivity contribution in [2.75, 3.05) is 26.7 Å². The van der Waals surface area contributed by atoms with E-state index in [2.05, 4.69) is 15.0 Å². The Balaban J connectivity index is 1.74. The molecule has 1 unspecified atom stereocenters. The van der Waals surface area contributed by atoms with Crippen LogP contribution in [0.5, 0.6) is 11.5 Å². The number of carbonyl (C=O) groups is 1. The maximum absolute atomic E-state index is 12.6. The van der Waals surface area contributed by atoms with Crippen molar-refractivity contribution in [1.29, 1.82) is 0 Å². The van der Waals surface area contributed by atoms with Crippen molar-refractivity contribution in [2.24, 2.45) is 0 Å². The van der Waals surface area contributed by atoms with E-state index in [1.165, 1.54) is 18.2 Å². The molecule has 0 saturated carbocycles. The van der Waals surface area contributed by atoms with Crippen LogP contribution in [0.25, 0.3) is 0 Å². The highest BCUT2D eigenvalue weighted by Gasteiger charge is 2.26. The molecule has 1 aliphatic rings. The summed E-state index contributed by atoms with van der Waals surface area (Å²) in [6.45, 7) is -0.630. The van der Waals surface area contributed by atoms with Gasteiger partial charge in [-0.3, -0.25) is 9.69 Å². The number of methoxy groups -OCH3 is 1. The summed E-state index contributed by atoms with van der Waals surface area (Å²) in [6.07, 6.45) is 2.24. The Morgan fingerprint density at radius 1 is 1.14 bits per heavy atom. The van der Waals surface area contributed by atoms with Crippen LogP contribution >= 0.6 is 0 Å². The number of ether oxygens (including phenoxy) is 2. The van der Waals surface area contributed by atoms with Crippen LogP contribution in [0.4, 0.5) is 8.78 Å². The number of amides is 1. The average molecular weight is 390 g/mol. The number of hydrogen-bond acceptors (Lipinski definition) is 4. The van der Waals surface area contributed by atoms with Gasteiger partial charge in [0.2, 0.25) is 0 Å². The lowest BCUT2D eigenvalue weighted by Crippen LogP contribution is -2.37. The van der Waals surface area contributed by atoms with E-state index in [1.807, 2.05) is 24.3 Å². The molecular weight excluding hydrogens is 366 g/mol. The molecule has 7 heteroatoms. The Kier molecular flexibility index (Phi) is 6.81. The lowest BCUT2D eigenvalue weighted by molar-refractivity contribution is -0.0498. The third kappa shape index (κ3) is 4.98. The Hall–Kier alpha value is -2.67. The molecule has 0 aromatic heterocycles. The van der Waals surface area contributed by atoms with Crippen LogP contribution < -0.4 is 14.8 Å². The van der Waals surface area contributed by atoms with Gasteiger partial charge in [0, 0.05) is 17.7 Å². The Morgan fingerprint density at radius 2 is 1.89 bits per heavy atom. The number of para-hydroxylation sites is 1. The minimum atomic E-state index is -2.93. The zero-order valence-electron chi connectivity index (χ0n) is 15.7. The lowest BCUT2D eigenvalue weighted by Gasteiger charge is -2.29. The van der Waals surface area contributed by atoms with E-state index >= 15 is 0 Å². The summed E-state index contributed by atoms with van der Waals surface area (Å²) in [7, 11) is 1.63. The van der Waals surface area contributed by atoms with Crippen LogP contribution in [-0.4, -0.2) is 44.2 Å². The molecule has 1 amide bonds. The van der Waals surface area contributed by atoms with Crippen LogP contribution in [0.2, 0.25) is 0 Å². The molecule has 0 radical (unpaired) electrons. The zero-order valence-corrected chi connectivity index (χ0v) is 15.7. The van der Waals surface area contributed by atoms with Crippen molar-refractivity contribution in [3.8, 4) is 11.5 Å². The highest BCUT2D eigenvalue weighted by Crippen LogP contribution is 2.31. The first-order valence-corrected chi connectivity index (χ1v) is 9.28. The van der Waals surface area contributed by atoms with E-state index in [4.69, 9.17) is 4.74 Å². The third-order valence-electron chi connectivity index (χ3n) is 4.86. The number of nitrogens with one attached hydrogen (secondary N) is 1. The second-order valence-corrected chi connectivity index (χ2v) is 6.62. The van der Waals surface area contributed by atoms with Crippen molar-refractivity contribution in [3.63, 3.8) is 0 Å². The predicted octanol–water partition coefficient (Wildman–Crippen LogP) is 3.86. The van der Waals surface area contributed by atoms with E-state index in [0.717, 1.165) is 37.2 Å². The minimum Gasteiger partial charge on any atom is -0.496 e. The molecule has 150 valence electrons. The molecule has 2 aromatic carbocycles. The fourth-order valence-corrected chi connectivity index (χ4v) is 3.54. The minimum absolute atomic E-state index is 0.0249. The molecule has 1 fully saturated rings. The molecule has 5 nitrogen and oxygen atoms in total. The van der Waals surface area contributed by atoms with Gasteiger partial charge in [-0.1, -0.05) is 24.3 Å². The van der Waals surface area contributed by atoms with Crippen molar-refractivity contribution in [2.45, 2.75) is 25.5 Å². The number of halogens is 2. The lowest BCUT2D eigenvalue weighted by atomic mass is 10.0. The van der Waals surface area contributed by atoms with Crippen molar-refractivity contribution >= 4 is 5.91 Å². The van der Waals surface area contributed by atoms with E-state index < -0.39 is 6.61 Å². The third-order valence-corrected chi connectivity index (χ3v) is 4.86. The summed E-state index contributed by atoms with van der Waals surface area (Å²) in [4.78, 5) is 14.9. The van der Waals surface area contributed by atoms with Crippen LogP contribution in [0, 0.1) is 0 Å². The summed E-state index contributed by atoms with van der Waals surface area (Å²) in [5.74, 6) is 0.406. The summed E-state index contributed by atoms with van der Waals surface area (Å²) in [5.41, 5.74) is 1.29. The molecule has 0 bridgehead atoms. The highest BCUT2D eigenvalue weighted by atomic mass is 19.3. The normalized spacial score (nSPS) is 15.4. The topological polar surface area (TPSA) is 50.8 Å². The fourth-order valence-electron chi connectivity index (χ4n) is 3.54. The van der Waals surface area contributed by atoms with Gasteiger partial charge in [-0.2, -0.15) is 8.78 Å². The zero-order chi connectivity index (χ0) is 19.9. The molecule has 2 aromatic rings. The van der Waals surface area contributed by atoms with Crippen molar-refractivity contribution in [1.82, 2.24) is 10.2 Å². The largest absolute Gasteiger partial charge is 0.496 e. The maximum Gasteiger partial charge on any atom is 0.387 e. The summed E-state index contributed by atoms with van der Waals surface area (Å²) in [6, 6.07) is 13.6. The average Bonchev–Trinajstić information content (AvgIpc) is 3.22. The van der Waals surface area contributed by atoms with E-state index in [1.54, 1.807) is 13.2 Å². The van der Waals surface area contributed by atoms with Crippen molar-refractivity contribution in [3.05, 3.63) is 59.7 Å². The van der Waals surface area contributed by atoms with E-state index in [9.17, 15) is 13.6 Å². The van der Waals surface area contributed by atoms with Crippen molar-refractivity contribution < 1.29 is 23.0 Å². The standard InChI is InChI=1S/C21H24F2N2O3/c1-27-19-10-3-2-9-17(19)18(25-11-4-5-12-25)14-24-20(26)15-7-6-8-16(13-15)28-21(22)23/h2-3,6-10,13,18,21H,4-5,11-12,14H2,1H3,(H,24,26). The van der Waals surface area contributed by atoms with Crippen LogP contribution in [0.3, 0.4) is 0 Å². The monoisotopic (exact) mass is 390 g/mol. The summed E-state index contributed by atoms with van der Waals surface area (Å²) < 4.78 is 34.7. The van der Waals surface area contributed by atoms with Gasteiger partial charge in [0.25, 0.3) is 5.91 Å². The van der Waals surface area contributed by atoms with Gasteiger partial charge in [-0.15, -0.1) is 0 Å². The van der Waals surface area contributed by atoms with Gasteiger partial charge in [0.05, 0.1) is 13.2 Å². The first-order chi connectivity index (χ1) is 13.6. The number of likely N-dealkylation sites (tertiary alicyclic amines) is 1. The smallest absolute Gasteiger partial charge is 0.387 e. The van der Waals surface area contributed by atoms with Gasteiger partial charge < -0.3 is 14.8 Å². The maximum atomic E-state index is 12.6. The van der Waals surface area contributed by atoms with Crippen LogP contribution in [0.15, 0.2) is 48.5 Å². The molecule has 0 aliphatic carbocycles. The number of nitrogens with zero attached hydrogens (tertiary/aromatic N) is 1. The molecule has 3 rings (SSSR count). The molecule has 1 N–H and O–H groups in total. The molecular formula is C21H24F2N2O3. The highest BCUT2D eigenvalue weighted by molar-refractivity contribution is 5.94. The van der Waals surface area contributed by atoms with Gasteiger partial charge in [-0.05, 0) is 50.2 Å². The first-order valence-electron chi connectivity index (χ1n) is 9.28. The number of carbonyl (C=O) groups excluding carboxylic acids is 1. The number of alkyl halides is 2. The first kappa shape index (κ1) is 20.1. The van der Waals surface area contributed by atoms with Gasteiger partial charge in [0.1, 0.15) is 11.5 Å². The summed E-state index contributed by atoms with van der Waals surface area (Å²) in [5, 5.41) is 2.93. The van der Waals surface area contributed by atoms with Gasteiger partial charge in [0.15, 0.2) is 0 Å². The van der Waals surface area contributed by atoms with Crippen LogP contribution in [0.1, 0.15) is 34.8 Å². The molecule has 1 saturated heterocycles.